The van der Waals surface area contributed by atoms with Crippen molar-refractivity contribution >= 4 is 17.5 Å². The van der Waals surface area contributed by atoms with Gasteiger partial charge in [0.15, 0.2) is 0 Å². The van der Waals surface area contributed by atoms with Crippen molar-refractivity contribution in [2.75, 3.05) is 11.9 Å². The Hall–Kier alpha value is -3.60. The molecule has 0 radical (unpaired) electrons. The Kier molecular flexibility index (Phi) is 7.08. The maximum atomic E-state index is 12.9. The Labute approximate surface area is 183 Å². The smallest absolute Gasteiger partial charge is 0.259 e. The minimum Gasteiger partial charge on any atom is -0.492 e. The molecule has 2 amide bonds. The Bertz CT molecular complexity index is 1040. The highest BCUT2D eigenvalue weighted by molar-refractivity contribution is 6.06. The molecule has 0 unspecified atom stereocenters. The number of para-hydroxylation sites is 1. The lowest BCUT2D eigenvalue weighted by Gasteiger charge is -2.20. The number of anilines is 1. The summed E-state index contributed by atoms with van der Waals surface area (Å²) < 4.78 is 5.89. The molecule has 5 nitrogen and oxygen atoms in total. The Balaban J connectivity index is 1.67. The van der Waals surface area contributed by atoms with E-state index >= 15 is 0 Å². The number of hydrogen-bond acceptors (Lipinski definition) is 3. The molecule has 0 aromatic heterocycles. The van der Waals surface area contributed by atoms with Crippen LogP contribution >= 0.6 is 0 Å². The fourth-order valence-electron chi connectivity index (χ4n) is 3.05. The van der Waals surface area contributed by atoms with Crippen LogP contribution in [0.1, 0.15) is 47.1 Å². The van der Waals surface area contributed by atoms with Gasteiger partial charge in [0.25, 0.3) is 11.8 Å². The first kappa shape index (κ1) is 22.1. The van der Waals surface area contributed by atoms with Crippen LogP contribution in [-0.4, -0.2) is 24.0 Å². The monoisotopic (exact) mass is 416 g/mol. The summed E-state index contributed by atoms with van der Waals surface area (Å²) in [6, 6.07) is 24.1. The van der Waals surface area contributed by atoms with E-state index in [1.807, 2.05) is 57.2 Å². The maximum absolute atomic E-state index is 12.9. The second kappa shape index (κ2) is 9.94. The molecular formula is C26H28N2O3. The fraction of sp³-hybridized carbons (Fsp3) is 0.231. The summed E-state index contributed by atoms with van der Waals surface area (Å²) in [5.74, 6) is 0.0505. The molecule has 0 aliphatic carbocycles. The van der Waals surface area contributed by atoms with Crippen molar-refractivity contribution in [2.24, 2.45) is 0 Å². The number of rotatable bonds is 7. The second-order valence-corrected chi connectivity index (χ2v) is 8.32. The van der Waals surface area contributed by atoms with Gasteiger partial charge in [-0.25, -0.2) is 0 Å². The van der Waals surface area contributed by atoms with Crippen molar-refractivity contribution in [1.29, 1.82) is 0 Å². The number of benzene rings is 3. The minimum absolute atomic E-state index is 0.187. The van der Waals surface area contributed by atoms with Gasteiger partial charge in [0, 0.05) is 23.2 Å². The zero-order chi connectivity index (χ0) is 22.3. The molecular weight excluding hydrogens is 388 g/mol. The van der Waals surface area contributed by atoms with Crippen molar-refractivity contribution in [2.45, 2.75) is 32.7 Å². The van der Waals surface area contributed by atoms with Crippen LogP contribution in [0.5, 0.6) is 5.75 Å². The summed E-state index contributed by atoms with van der Waals surface area (Å²) in [5.41, 5.74) is 2.31. The van der Waals surface area contributed by atoms with E-state index in [0.29, 0.717) is 29.2 Å². The third kappa shape index (κ3) is 6.71. The molecule has 0 atom stereocenters. The maximum Gasteiger partial charge on any atom is 0.259 e. The van der Waals surface area contributed by atoms with Gasteiger partial charge in [-0.3, -0.25) is 9.59 Å². The Morgan fingerprint density at radius 2 is 1.55 bits per heavy atom. The van der Waals surface area contributed by atoms with Crippen LogP contribution in [0.3, 0.4) is 0 Å². The zero-order valence-electron chi connectivity index (χ0n) is 18.1. The highest BCUT2D eigenvalue weighted by Crippen LogP contribution is 2.21. The lowest BCUT2D eigenvalue weighted by atomic mass is 10.1. The average molecular weight is 417 g/mol. The van der Waals surface area contributed by atoms with E-state index < -0.39 is 0 Å². The molecule has 0 aliphatic heterocycles. The molecule has 5 heteroatoms. The lowest BCUT2D eigenvalue weighted by molar-refractivity contribution is 0.0918. The second-order valence-electron chi connectivity index (χ2n) is 8.32. The van der Waals surface area contributed by atoms with Gasteiger partial charge in [-0.2, -0.15) is 0 Å². The van der Waals surface area contributed by atoms with Gasteiger partial charge >= 0.3 is 0 Å². The first-order chi connectivity index (χ1) is 14.8. The number of hydrogen-bond donors (Lipinski definition) is 2. The van der Waals surface area contributed by atoms with E-state index in [1.54, 1.807) is 42.5 Å². The Morgan fingerprint density at radius 1 is 0.839 bits per heavy atom. The largest absolute Gasteiger partial charge is 0.492 e. The van der Waals surface area contributed by atoms with Crippen LogP contribution < -0.4 is 15.4 Å². The van der Waals surface area contributed by atoms with Gasteiger partial charge in [0.05, 0.1) is 12.2 Å². The third-order valence-corrected chi connectivity index (χ3v) is 4.49. The number of nitrogens with one attached hydrogen (secondary N) is 2. The summed E-state index contributed by atoms with van der Waals surface area (Å²) in [5, 5.41) is 5.79. The van der Waals surface area contributed by atoms with E-state index in [2.05, 4.69) is 10.6 Å². The van der Waals surface area contributed by atoms with Gasteiger partial charge in [-0.1, -0.05) is 48.5 Å². The molecule has 0 bridgehead atoms. The fourth-order valence-corrected chi connectivity index (χ4v) is 3.05. The molecule has 3 aromatic carbocycles. The normalized spacial score (nSPS) is 10.9. The Morgan fingerprint density at radius 3 is 2.29 bits per heavy atom. The molecule has 0 heterocycles. The van der Waals surface area contributed by atoms with Crippen molar-refractivity contribution in [3.63, 3.8) is 0 Å². The highest BCUT2D eigenvalue weighted by Gasteiger charge is 2.17. The van der Waals surface area contributed by atoms with E-state index in [1.165, 1.54) is 5.56 Å². The van der Waals surface area contributed by atoms with Crippen LogP contribution in [0.4, 0.5) is 5.69 Å². The van der Waals surface area contributed by atoms with Crippen LogP contribution in [0.15, 0.2) is 78.9 Å². The number of carbonyl (C=O) groups is 2. The standard InChI is InChI=1S/C26H28N2O3/c1-26(2,3)28-24(29)20-12-9-13-21(18-20)27-25(30)22-14-7-8-15-23(22)31-17-16-19-10-5-4-6-11-19/h4-15,18H,16-17H2,1-3H3,(H,27,30)(H,28,29). The SMILES string of the molecule is CC(C)(C)NC(=O)c1cccc(NC(=O)c2ccccc2OCCc2ccccc2)c1. The molecule has 3 aromatic rings. The highest BCUT2D eigenvalue weighted by atomic mass is 16.5. The summed E-state index contributed by atoms with van der Waals surface area (Å²) in [6.07, 6.45) is 0.752. The molecule has 160 valence electrons. The van der Waals surface area contributed by atoms with E-state index in [9.17, 15) is 9.59 Å². The molecule has 0 spiro atoms. The van der Waals surface area contributed by atoms with Crippen molar-refractivity contribution in [1.82, 2.24) is 5.32 Å². The van der Waals surface area contributed by atoms with Crippen molar-refractivity contribution in [3.8, 4) is 5.75 Å². The molecule has 31 heavy (non-hydrogen) atoms. The van der Waals surface area contributed by atoms with Crippen molar-refractivity contribution in [3.05, 3.63) is 95.6 Å². The predicted octanol–water partition coefficient (Wildman–Crippen LogP) is 5.09. The van der Waals surface area contributed by atoms with Gasteiger partial charge in [0.1, 0.15) is 5.75 Å². The van der Waals surface area contributed by atoms with Gasteiger partial charge in [-0.05, 0) is 56.7 Å². The average Bonchev–Trinajstić information content (AvgIpc) is 2.74. The zero-order valence-corrected chi connectivity index (χ0v) is 18.1. The van der Waals surface area contributed by atoms with E-state index in [4.69, 9.17) is 4.74 Å². The summed E-state index contributed by atoms with van der Waals surface area (Å²) in [6.45, 7) is 6.23. The molecule has 0 aliphatic rings. The number of carbonyl (C=O) groups excluding carboxylic acids is 2. The minimum atomic E-state index is -0.341. The van der Waals surface area contributed by atoms with Crippen LogP contribution in [0, 0.1) is 0 Å². The first-order valence-electron chi connectivity index (χ1n) is 10.3. The quantitative estimate of drug-likeness (QED) is 0.564. The van der Waals surface area contributed by atoms with Gasteiger partial charge in [0.2, 0.25) is 0 Å². The van der Waals surface area contributed by atoms with Crippen LogP contribution in [-0.2, 0) is 6.42 Å². The molecule has 0 saturated heterocycles. The van der Waals surface area contributed by atoms with Gasteiger partial charge < -0.3 is 15.4 Å². The topological polar surface area (TPSA) is 67.4 Å². The predicted molar refractivity (Wildman–Crippen MR) is 124 cm³/mol. The summed E-state index contributed by atoms with van der Waals surface area (Å²) >= 11 is 0. The summed E-state index contributed by atoms with van der Waals surface area (Å²) in [4.78, 5) is 25.3. The first-order valence-corrected chi connectivity index (χ1v) is 10.3. The molecule has 3 rings (SSSR count). The molecule has 2 N–H and O–H groups in total. The molecule has 0 fully saturated rings. The summed E-state index contributed by atoms with van der Waals surface area (Å²) in [7, 11) is 0. The number of amides is 2. The molecule has 0 saturated carbocycles. The van der Waals surface area contributed by atoms with Crippen LogP contribution in [0.25, 0.3) is 0 Å². The van der Waals surface area contributed by atoms with E-state index in [0.717, 1.165) is 6.42 Å². The lowest BCUT2D eigenvalue weighted by Crippen LogP contribution is -2.40. The van der Waals surface area contributed by atoms with Crippen molar-refractivity contribution < 1.29 is 14.3 Å². The van der Waals surface area contributed by atoms with Gasteiger partial charge in [-0.15, -0.1) is 0 Å². The third-order valence-electron chi connectivity index (χ3n) is 4.49. The van der Waals surface area contributed by atoms with Crippen LogP contribution in [0.2, 0.25) is 0 Å². The van der Waals surface area contributed by atoms with E-state index in [-0.39, 0.29) is 17.4 Å². The number of ether oxygens (including phenoxy) is 1.